The van der Waals surface area contributed by atoms with Gasteiger partial charge in [0.15, 0.2) is 0 Å². The number of hydrogen-bond acceptors (Lipinski definition) is 1. The fourth-order valence-corrected chi connectivity index (χ4v) is 2.65. The highest BCUT2D eigenvalue weighted by Crippen LogP contribution is 2.33. The minimum atomic E-state index is -0.966. The lowest BCUT2D eigenvalue weighted by atomic mass is 9.97. The van der Waals surface area contributed by atoms with Crippen LogP contribution >= 0.6 is 27.5 Å². The Labute approximate surface area is 134 Å². The Morgan fingerprint density at radius 2 is 1.86 bits per heavy atom. The average Bonchev–Trinajstić information content (AvgIpc) is 2.45. The summed E-state index contributed by atoms with van der Waals surface area (Å²) in [4.78, 5) is 0. The zero-order valence-corrected chi connectivity index (χ0v) is 13.4. The Morgan fingerprint density at radius 3 is 2.52 bits per heavy atom. The lowest BCUT2D eigenvalue weighted by Gasteiger charge is -2.21. The van der Waals surface area contributed by atoms with Gasteiger partial charge in [0.2, 0.25) is 0 Å². The van der Waals surface area contributed by atoms with Gasteiger partial charge >= 0.3 is 0 Å². The van der Waals surface area contributed by atoms with Gasteiger partial charge in [0.05, 0.1) is 15.5 Å². The van der Waals surface area contributed by atoms with Crippen molar-refractivity contribution in [2.45, 2.75) is 13.0 Å². The standard InChI is InChI=1S/C15H12BrClF3N/c1-2-21-15(8-4-3-5-10(17)13(8)19)12-11(18)7-6-9(16)14(12)20/h3-7,15,21H,2H2,1H3. The van der Waals surface area contributed by atoms with Gasteiger partial charge in [0, 0.05) is 11.1 Å². The summed E-state index contributed by atoms with van der Waals surface area (Å²) in [5, 5.41) is 2.80. The van der Waals surface area contributed by atoms with Crippen molar-refractivity contribution >= 4 is 27.5 Å². The molecule has 0 amide bonds. The Morgan fingerprint density at radius 1 is 1.14 bits per heavy atom. The normalized spacial score (nSPS) is 12.5. The summed E-state index contributed by atoms with van der Waals surface area (Å²) in [7, 11) is 0. The van der Waals surface area contributed by atoms with Crippen LogP contribution < -0.4 is 5.32 Å². The summed E-state index contributed by atoms with van der Waals surface area (Å²) in [6.45, 7) is 2.17. The predicted octanol–water partition coefficient (Wildman–Crippen LogP) is 5.22. The van der Waals surface area contributed by atoms with Crippen LogP contribution in [0.1, 0.15) is 24.1 Å². The van der Waals surface area contributed by atoms with Crippen molar-refractivity contribution in [2.75, 3.05) is 6.54 Å². The first-order chi connectivity index (χ1) is 9.97. The molecule has 0 saturated carbocycles. The third-order valence-electron chi connectivity index (χ3n) is 3.07. The van der Waals surface area contributed by atoms with Crippen molar-refractivity contribution in [3.05, 3.63) is 68.4 Å². The molecule has 1 N–H and O–H groups in total. The minimum absolute atomic E-state index is 0.0915. The zero-order valence-electron chi connectivity index (χ0n) is 11.1. The lowest BCUT2D eigenvalue weighted by molar-refractivity contribution is 0.493. The summed E-state index contributed by atoms with van der Waals surface area (Å²) < 4.78 is 42.6. The molecule has 0 fully saturated rings. The Kier molecular flexibility index (Phi) is 5.30. The Bertz CT molecular complexity index is 664. The van der Waals surface area contributed by atoms with Crippen LogP contribution in [0.4, 0.5) is 13.2 Å². The van der Waals surface area contributed by atoms with E-state index in [0.29, 0.717) is 6.54 Å². The fraction of sp³-hybridized carbons (Fsp3) is 0.200. The number of nitrogens with one attached hydrogen (secondary N) is 1. The van der Waals surface area contributed by atoms with E-state index in [-0.39, 0.29) is 20.6 Å². The van der Waals surface area contributed by atoms with Crippen molar-refractivity contribution < 1.29 is 13.2 Å². The van der Waals surface area contributed by atoms with Gasteiger partial charge in [-0.2, -0.15) is 0 Å². The lowest BCUT2D eigenvalue weighted by Crippen LogP contribution is -2.25. The van der Waals surface area contributed by atoms with Gasteiger partial charge in [-0.15, -0.1) is 0 Å². The fourth-order valence-electron chi connectivity index (χ4n) is 2.12. The largest absolute Gasteiger partial charge is 0.306 e. The van der Waals surface area contributed by atoms with Crippen LogP contribution in [0.25, 0.3) is 0 Å². The van der Waals surface area contributed by atoms with Crippen LogP contribution in [-0.4, -0.2) is 6.54 Å². The van der Waals surface area contributed by atoms with Gasteiger partial charge in [0.1, 0.15) is 17.5 Å². The summed E-state index contributed by atoms with van der Waals surface area (Å²) >= 11 is 8.77. The molecule has 0 aliphatic heterocycles. The smallest absolute Gasteiger partial charge is 0.146 e. The summed E-state index contributed by atoms with van der Waals surface area (Å²) in [5.41, 5.74) is -0.146. The molecule has 1 nitrogen and oxygen atoms in total. The van der Waals surface area contributed by atoms with Crippen molar-refractivity contribution in [2.24, 2.45) is 0 Å². The van der Waals surface area contributed by atoms with Gasteiger partial charge in [0.25, 0.3) is 0 Å². The van der Waals surface area contributed by atoms with Gasteiger partial charge in [-0.1, -0.05) is 30.7 Å². The van der Waals surface area contributed by atoms with Crippen LogP contribution in [0.15, 0.2) is 34.8 Å². The van der Waals surface area contributed by atoms with E-state index in [0.717, 1.165) is 6.07 Å². The first-order valence-electron chi connectivity index (χ1n) is 6.28. The molecule has 1 atom stereocenters. The molecular weight excluding hydrogens is 367 g/mol. The van der Waals surface area contributed by atoms with E-state index in [1.165, 1.54) is 18.2 Å². The second-order valence-electron chi connectivity index (χ2n) is 4.39. The highest BCUT2D eigenvalue weighted by molar-refractivity contribution is 9.10. The van der Waals surface area contributed by atoms with Crippen LogP contribution in [0.3, 0.4) is 0 Å². The number of rotatable bonds is 4. The van der Waals surface area contributed by atoms with Crippen LogP contribution in [-0.2, 0) is 0 Å². The second kappa shape index (κ2) is 6.81. The molecule has 0 heterocycles. The van der Waals surface area contributed by atoms with E-state index in [9.17, 15) is 13.2 Å². The number of halogens is 5. The maximum atomic E-state index is 14.3. The van der Waals surface area contributed by atoms with Gasteiger partial charge < -0.3 is 5.32 Å². The molecule has 2 aromatic carbocycles. The van der Waals surface area contributed by atoms with Crippen molar-refractivity contribution in [1.82, 2.24) is 5.32 Å². The third-order valence-corrected chi connectivity index (χ3v) is 3.97. The molecule has 21 heavy (non-hydrogen) atoms. The molecule has 1 unspecified atom stereocenters. The molecule has 0 aliphatic carbocycles. The monoisotopic (exact) mass is 377 g/mol. The SMILES string of the molecule is CCNC(c1cccc(Cl)c1F)c1c(F)ccc(Br)c1F. The van der Waals surface area contributed by atoms with E-state index in [1.54, 1.807) is 13.0 Å². The van der Waals surface area contributed by atoms with Crippen molar-refractivity contribution in [3.8, 4) is 0 Å². The van der Waals surface area contributed by atoms with Crippen molar-refractivity contribution in [3.63, 3.8) is 0 Å². The zero-order chi connectivity index (χ0) is 15.6. The highest BCUT2D eigenvalue weighted by Gasteiger charge is 2.26. The summed E-state index contributed by atoms with van der Waals surface area (Å²) in [5.74, 6) is -2.20. The molecule has 0 aliphatic rings. The van der Waals surface area contributed by atoms with Crippen molar-refractivity contribution in [1.29, 1.82) is 0 Å². The van der Waals surface area contributed by atoms with Crippen LogP contribution in [0.2, 0.25) is 5.02 Å². The topological polar surface area (TPSA) is 12.0 Å². The van der Waals surface area contributed by atoms with Gasteiger partial charge in [-0.3, -0.25) is 0 Å². The van der Waals surface area contributed by atoms with Crippen LogP contribution in [0, 0.1) is 17.5 Å². The van der Waals surface area contributed by atoms with Crippen LogP contribution in [0.5, 0.6) is 0 Å². The highest BCUT2D eigenvalue weighted by atomic mass is 79.9. The predicted molar refractivity (Wildman–Crippen MR) is 81.0 cm³/mol. The van der Waals surface area contributed by atoms with E-state index >= 15 is 0 Å². The molecule has 0 bridgehead atoms. The maximum Gasteiger partial charge on any atom is 0.146 e. The molecule has 6 heteroatoms. The summed E-state index contributed by atoms with van der Waals surface area (Å²) in [6, 6.07) is 5.82. The van der Waals surface area contributed by atoms with E-state index in [2.05, 4.69) is 21.2 Å². The maximum absolute atomic E-state index is 14.3. The quantitative estimate of drug-likeness (QED) is 0.719. The van der Waals surface area contributed by atoms with E-state index < -0.39 is 23.5 Å². The van der Waals surface area contributed by atoms with E-state index in [4.69, 9.17) is 11.6 Å². The Hall–Kier alpha value is -1.04. The second-order valence-corrected chi connectivity index (χ2v) is 5.65. The minimum Gasteiger partial charge on any atom is -0.306 e. The molecule has 0 radical (unpaired) electrons. The van der Waals surface area contributed by atoms with Gasteiger partial charge in [-0.05, 0) is 40.7 Å². The first-order valence-corrected chi connectivity index (χ1v) is 7.45. The molecule has 2 rings (SSSR count). The number of benzene rings is 2. The molecule has 0 spiro atoms. The summed E-state index contributed by atoms with van der Waals surface area (Å²) in [6.07, 6.45) is 0. The molecular formula is C15H12BrClF3N. The molecule has 0 saturated heterocycles. The Balaban J connectivity index is 2.65. The number of hydrogen-bond donors (Lipinski definition) is 1. The molecule has 112 valence electrons. The third kappa shape index (κ3) is 3.25. The first kappa shape index (κ1) is 16.3. The van der Waals surface area contributed by atoms with Gasteiger partial charge in [-0.25, -0.2) is 13.2 Å². The molecule has 2 aromatic rings. The average molecular weight is 379 g/mol. The van der Waals surface area contributed by atoms with E-state index in [1.807, 2.05) is 0 Å². The molecule has 0 aromatic heterocycles.